The van der Waals surface area contributed by atoms with E-state index in [2.05, 4.69) is 0 Å². The molecule has 1 unspecified atom stereocenters. The van der Waals surface area contributed by atoms with Gasteiger partial charge in [0.1, 0.15) is 16.3 Å². The summed E-state index contributed by atoms with van der Waals surface area (Å²) in [7, 11) is -1.36. The molecule has 0 aliphatic heterocycles. The van der Waals surface area contributed by atoms with Crippen molar-refractivity contribution < 1.29 is 37.0 Å². The first-order valence-electron chi connectivity index (χ1n) is 10.6. The largest absolute Gasteiger partial charge is 0.422 e. The minimum Gasteiger partial charge on any atom is -0.422 e. The molecule has 36 heavy (non-hydrogen) atoms. The Morgan fingerprint density at radius 3 is 2.61 bits per heavy atom. The summed E-state index contributed by atoms with van der Waals surface area (Å²) in [6.07, 6.45) is -2.11. The number of carbonyl (C=O) groups is 1. The third-order valence-electron chi connectivity index (χ3n) is 5.29. The van der Waals surface area contributed by atoms with E-state index >= 15 is 0 Å². The van der Waals surface area contributed by atoms with E-state index < -0.39 is 51.7 Å². The highest BCUT2D eigenvalue weighted by molar-refractivity contribution is 7.89. The Hall–Kier alpha value is -3.03. The van der Waals surface area contributed by atoms with Crippen LogP contribution in [0, 0.1) is 12.7 Å². The number of nitrogens with one attached hydrogen (secondary N) is 1. The normalized spacial score (nSPS) is 12.5. The Kier molecular flexibility index (Phi) is 8.37. The van der Waals surface area contributed by atoms with Crippen molar-refractivity contribution in [2.75, 3.05) is 27.2 Å². The van der Waals surface area contributed by atoms with Crippen LogP contribution >= 0.6 is 11.6 Å². The second kappa shape index (κ2) is 10.9. The first-order chi connectivity index (χ1) is 16.8. The topological polar surface area (TPSA) is 146 Å². The number of nitrogens with zero attached hydrogens (tertiary/aromatic N) is 1. The van der Waals surface area contributed by atoms with E-state index in [0.29, 0.717) is 16.5 Å². The number of ether oxygens (including phenoxy) is 1. The van der Waals surface area contributed by atoms with Crippen LogP contribution in [-0.2, 0) is 16.4 Å². The maximum Gasteiger partial charge on any atom is 0.414 e. The van der Waals surface area contributed by atoms with Gasteiger partial charge in [0.25, 0.3) is 0 Å². The Bertz CT molecular complexity index is 1470. The summed E-state index contributed by atoms with van der Waals surface area (Å²) in [4.78, 5) is 25.2. The minimum atomic E-state index is -4.35. The van der Waals surface area contributed by atoms with Gasteiger partial charge in [-0.15, -0.1) is 0 Å². The third-order valence-corrected chi connectivity index (χ3v) is 7.02. The molecule has 0 spiro atoms. The van der Waals surface area contributed by atoms with Crippen LogP contribution in [0.15, 0.2) is 44.4 Å². The molecule has 0 fully saturated rings. The summed E-state index contributed by atoms with van der Waals surface area (Å²) in [5.74, 6) is -1.02. The van der Waals surface area contributed by atoms with Crippen molar-refractivity contribution in [2.45, 2.75) is 24.3 Å². The molecule has 2 aromatic carbocycles. The SMILES string of the molecule is Cc1c(Cc2ccc(F)c(S(=O)(=O)NCC(O)CO)c2)c(=O)oc2cc(OC(=O)N(C)C)c(Cl)cc12. The van der Waals surface area contributed by atoms with Crippen LogP contribution < -0.4 is 15.1 Å². The Morgan fingerprint density at radius 2 is 1.97 bits per heavy atom. The van der Waals surface area contributed by atoms with Crippen molar-refractivity contribution in [3.05, 3.63) is 68.3 Å². The number of amides is 1. The maximum absolute atomic E-state index is 14.3. The van der Waals surface area contributed by atoms with Crippen LogP contribution in [0.3, 0.4) is 0 Å². The fraction of sp³-hybridized carbons (Fsp3) is 0.304. The van der Waals surface area contributed by atoms with Crippen molar-refractivity contribution in [3.8, 4) is 5.75 Å². The van der Waals surface area contributed by atoms with Gasteiger partial charge >= 0.3 is 11.7 Å². The molecule has 3 rings (SSSR count). The van der Waals surface area contributed by atoms with E-state index in [0.717, 1.165) is 12.1 Å². The van der Waals surface area contributed by atoms with E-state index in [-0.39, 0.29) is 28.3 Å². The molecule has 0 aliphatic carbocycles. The van der Waals surface area contributed by atoms with E-state index in [4.69, 9.17) is 25.9 Å². The Labute approximate surface area is 210 Å². The van der Waals surface area contributed by atoms with E-state index in [1.54, 1.807) is 6.92 Å². The molecule has 1 amide bonds. The molecule has 10 nitrogen and oxygen atoms in total. The lowest BCUT2D eigenvalue weighted by atomic mass is 9.99. The molecular weight excluding hydrogens is 519 g/mol. The number of carbonyl (C=O) groups excluding carboxylic acids is 1. The average Bonchev–Trinajstić information content (AvgIpc) is 2.82. The Balaban J connectivity index is 1.98. The molecular formula is C23H24ClFN2O8S. The molecule has 3 N–H and O–H groups in total. The van der Waals surface area contributed by atoms with Crippen LogP contribution in [0.4, 0.5) is 9.18 Å². The molecule has 0 saturated heterocycles. The molecule has 1 heterocycles. The number of benzene rings is 2. The second-order valence-electron chi connectivity index (χ2n) is 8.16. The second-order valence-corrected chi connectivity index (χ2v) is 10.3. The molecule has 194 valence electrons. The summed E-state index contributed by atoms with van der Waals surface area (Å²) in [6.45, 7) is 0.462. The average molecular weight is 543 g/mol. The molecule has 0 saturated carbocycles. The summed E-state index contributed by atoms with van der Waals surface area (Å²) < 4.78 is 51.9. The van der Waals surface area contributed by atoms with Gasteiger partial charge in [-0.3, -0.25) is 0 Å². The molecule has 1 aromatic heterocycles. The van der Waals surface area contributed by atoms with Crippen LogP contribution in [0.1, 0.15) is 16.7 Å². The van der Waals surface area contributed by atoms with Gasteiger partial charge in [-0.25, -0.2) is 27.1 Å². The van der Waals surface area contributed by atoms with Gasteiger partial charge in [0.2, 0.25) is 10.0 Å². The van der Waals surface area contributed by atoms with Gasteiger partial charge in [0.05, 0.1) is 17.7 Å². The summed E-state index contributed by atoms with van der Waals surface area (Å²) in [5.41, 5.74) is 0.394. The van der Waals surface area contributed by atoms with E-state index in [1.165, 1.54) is 37.2 Å². The van der Waals surface area contributed by atoms with Crippen LogP contribution in [0.5, 0.6) is 5.75 Å². The number of aliphatic hydroxyl groups excluding tert-OH is 2. The predicted octanol–water partition coefficient (Wildman–Crippen LogP) is 2.18. The number of fused-ring (bicyclic) bond motifs is 1. The quantitative estimate of drug-likeness (QED) is 0.367. The van der Waals surface area contributed by atoms with Crippen molar-refractivity contribution in [2.24, 2.45) is 0 Å². The highest BCUT2D eigenvalue weighted by Gasteiger charge is 2.22. The van der Waals surface area contributed by atoms with Gasteiger partial charge in [-0.1, -0.05) is 17.7 Å². The van der Waals surface area contributed by atoms with E-state index in [1.807, 2.05) is 4.72 Å². The standard InChI is InChI=1S/C23H24ClFN2O8S/c1-12-15-8-17(24)20(35-23(31)27(2)3)9-19(15)34-22(30)16(12)6-13-4-5-18(25)21(7-13)36(32,33)26-10-14(29)11-28/h4-5,7-9,14,26,28-29H,6,10-11H2,1-3H3. The zero-order chi connectivity index (χ0) is 26.8. The predicted molar refractivity (Wildman–Crippen MR) is 129 cm³/mol. The lowest BCUT2D eigenvalue weighted by molar-refractivity contribution is 0.0988. The number of rotatable bonds is 8. The van der Waals surface area contributed by atoms with Crippen molar-refractivity contribution in [1.82, 2.24) is 9.62 Å². The van der Waals surface area contributed by atoms with Crippen LogP contribution in [0.25, 0.3) is 11.0 Å². The highest BCUT2D eigenvalue weighted by atomic mass is 35.5. The molecule has 0 aliphatic rings. The lowest BCUT2D eigenvalue weighted by Gasteiger charge is -2.14. The van der Waals surface area contributed by atoms with Gasteiger partial charge in [-0.2, -0.15) is 0 Å². The van der Waals surface area contributed by atoms with Crippen LogP contribution in [-0.4, -0.2) is 63.0 Å². The smallest absolute Gasteiger partial charge is 0.414 e. The van der Waals surface area contributed by atoms with Gasteiger partial charge in [0, 0.05) is 44.1 Å². The van der Waals surface area contributed by atoms with Gasteiger partial charge in [0.15, 0.2) is 5.75 Å². The molecule has 0 radical (unpaired) electrons. The fourth-order valence-electron chi connectivity index (χ4n) is 3.27. The third kappa shape index (κ3) is 6.02. The zero-order valence-corrected chi connectivity index (χ0v) is 21.1. The monoisotopic (exact) mass is 542 g/mol. The van der Waals surface area contributed by atoms with Crippen LogP contribution in [0.2, 0.25) is 5.02 Å². The van der Waals surface area contributed by atoms with Crippen molar-refractivity contribution in [1.29, 1.82) is 0 Å². The number of hydrogen-bond donors (Lipinski definition) is 3. The number of sulfonamides is 1. The highest BCUT2D eigenvalue weighted by Crippen LogP contribution is 2.32. The fourth-order valence-corrected chi connectivity index (χ4v) is 4.67. The maximum atomic E-state index is 14.3. The zero-order valence-electron chi connectivity index (χ0n) is 19.5. The van der Waals surface area contributed by atoms with E-state index in [9.17, 15) is 27.5 Å². The lowest BCUT2D eigenvalue weighted by Crippen LogP contribution is -2.34. The first kappa shape index (κ1) is 27.6. The van der Waals surface area contributed by atoms with Gasteiger partial charge in [-0.05, 0) is 36.2 Å². The first-order valence-corrected chi connectivity index (χ1v) is 12.4. The van der Waals surface area contributed by atoms with Gasteiger partial charge < -0.3 is 24.3 Å². The number of halogens is 2. The molecule has 1 atom stereocenters. The van der Waals surface area contributed by atoms with Crippen molar-refractivity contribution >= 4 is 38.7 Å². The molecule has 13 heteroatoms. The number of aliphatic hydroxyl groups is 2. The minimum absolute atomic E-state index is 0.00497. The number of aryl methyl sites for hydroxylation is 1. The molecule has 0 bridgehead atoms. The Morgan fingerprint density at radius 1 is 1.28 bits per heavy atom. The number of hydrogen-bond acceptors (Lipinski definition) is 8. The molecule has 3 aromatic rings. The van der Waals surface area contributed by atoms with Crippen molar-refractivity contribution in [3.63, 3.8) is 0 Å². The summed E-state index contributed by atoms with van der Waals surface area (Å²) in [5, 5.41) is 18.8. The summed E-state index contributed by atoms with van der Waals surface area (Å²) in [6, 6.07) is 6.16. The summed E-state index contributed by atoms with van der Waals surface area (Å²) >= 11 is 6.26.